The van der Waals surface area contributed by atoms with Crippen LogP contribution in [-0.4, -0.2) is 19.9 Å². The van der Waals surface area contributed by atoms with Gasteiger partial charge in [-0.15, -0.1) is 0 Å². The van der Waals surface area contributed by atoms with Crippen molar-refractivity contribution in [3.8, 4) is 0 Å². The van der Waals surface area contributed by atoms with Crippen LogP contribution in [0.5, 0.6) is 0 Å². The Kier molecular flexibility index (Phi) is 4.34. The van der Waals surface area contributed by atoms with Crippen molar-refractivity contribution in [2.45, 2.75) is 57.6 Å². The van der Waals surface area contributed by atoms with E-state index in [4.69, 9.17) is 0 Å². The van der Waals surface area contributed by atoms with Gasteiger partial charge in [-0.25, -0.2) is 0 Å². The third kappa shape index (κ3) is 3.50. The van der Waals surface area contributed by atoms with E-state index >= 15 is 0 Å². The van der Waals surface area contributed by atoms with Gasteiger partial charge in [0.05, 0.1) is 17.4 Å². The van der Waals surface area contributed by atoms with Gasteiger partial charge in [-0.1, -0.05) is 25.3 Å². The van der Waals surface area contributed by atoms with Crippen molar-refractivity contribution in [2.24, 2.45) is 0 Å². The molecule has 0 aliphatic heterocycles. The summed E-state index contributed by atoms with van der Waals surface area (Å²) in [5.74, 6) is 0. The van der Waals surface area contributed by atoms with Gasteiger partial charge in [0.25, 0.3) is 0 Å². The molecule has 4 heteroatoms. The van der Waals surface area contributed by atoms with Crippen LogP contribution >= 0.6 is 0 Å². The van der Waals surface area contributed by atoms with Crippen molar-refractivity contribution in [3.05, 3.63) is 47.5 Å². The van der Waals surface area contributed by atoms with Crippen molar-refractivity contribution in [3.63, 3.8) is 0 Å². The quantitative estimate of drug-likeness (QED) is 0.937. The lowest BCUT2D eigenvalue weighted by Crippen LogP contribution is -2.14. The van der Waals surface area contributed by atoms with E-state index < -0.39 is 6.10 Å². The summed E-state index contributed by atoms with van der Waals surface area (Å²) in [6.07, 6.45) is 8.40. The van der Waals surface area contributed by atoms with Crippen LogP contribution in [0, 0.1) is 6.92 Å². The Labute approximate surface area is 125 Å². The molecule has 0 amide bonds. The van der Waals surface area contributed by atoms with Crippen molar-refractivity contribution < 1.29 is 5.11 Å². The molecule has 112 valence electrons. The predicted octanol–water partition coefficient (Wildman–Crippen LogP) is 3.37. The molecule has 2 heterocycles. The summed E-state index contributed by atoms with van der Waals surface area (Å²) in [5.41, 5.74) is 2.60. The molecular formula is C17H23N3O. The maximum Gasteiger partial charge on any atom is 0.102 e. The molecule has 21 heavy (non-hydrogen) atoms. The Hall–Kier alpha value is -1.68. The maximum atomic E-state index is 10.3. The van der Waals surface area contributed by atoms with Gasteiger partial charge in [0, 0.05) is 18.3 Å². The van der Waals surface area contributed by atoms with E-state index in [1.165, 1.54) is 32.1 Å². The number of aromatic nitrogens is 3. The number of rotatable bonds is 4. The highest BCUT2D eigenvalue weighted by Gasteiger charge is 2.17. The standard InChI is InChI=1S/C17H23N3O/c1-13-6-5-9-16(18-13)17(21)12-14-10-11-20(19-14)15-7-3-2-4-8-15/h5-6,9-11,15,17,21H,2-4,7-8,12H2,1H3. The summed E-state index contributed by atoms with van der Waals surface area (Å²) < 4.78 is 2.09. The van der Waals surface area contributed by atoms with E-state index in [-0.39, 0.29) is 0 Å². The summed E-state index contributed by atoms with van der Waals surface area (Å²) in [6, 6.07) is 8.31. The minimum Gasteiger partial charge on any atom is -0.386 e. The average Bonchev–Trinajstić information content (AvgIpc) is 2.97. The first-order chi connectivity index (χ1) is 10.2. The number of hydrogen-bond acceptors (Lipinski definition) is 3. The Morgan fingerprint density at radius 2 is 2.05 bits per heavy atom. The molecule has 0 radical (unpaired) electrons. The van der Waals surface area contributed by atoms with Crippen LogP contribution in [0.1, 0.15) is 61.3 Å². The predicted molar refractivity (Wildman–Crippen MR) is 82.0 cm³/mol. The first-order valence-corrected chi connectivity index (χ1v) is 7.88. The molecule has 4 nitrogen and oxygen atoms in total. The lowest BCUT2D eigenvalue weighted by Gasteiger charge is -2.21. The molecule has 2 aromatic heterocycles. The Morgan fingerprint density at radius 1 is 1.24 bits per heavy atom. The third-order valence-electron chi connectivity index (χ3n) is 4.27. The van der Waals surface area contributed by atoms with Gasteiger partial charge in [0.1, 0.15) is 6.10 Å². The first-order valence-electron chi connectivity index (χ1n) is 7.88. The zero-order valence-corrected chi connectivity index (χ0v) is 12.6. The second-order valence-electron chi connectivity index (χ2n) is 6.00. The van der Waals surface area contributed by atoms with Gasteiger partial charge < -0.3 is 5.11 Å². The van der Waals surface area contributed by atoms with Crippen molar-refractivity contribution >= 4 is 0 Å². The fourth-order valence-corrected chi connectivity index (χ4v) is 3.09. The second-order valence-corrected chi connectivity index (χ2v) is 6.00. The van der Waals surface area contributed by atoms with Crippen LogP contribution in [0.2, 0.25) is 0 Å². The van der Waals surface area contributed by atoms with E-state index in [0.29, 0.717) is 12.5 Å². The molecule has 1 atom stereocenters. The highest BCUT2D eigenvalue weighted by atomic mass is 16.3. The highest BCUT2D eigenvalue weighted by molar-refractivity contribution is 5.14. The fourth-order valence-electron chi connectivity index (χ4n) is 3.09. The normalized spacial score (nSPS) is 17.8. The molecule has 0 aromatic carbocycles. The summed E-state index contributed by atoms with van der Waals surface area (Å²) in [5, 5.41) is 15.0. The zero-order chi connectivity index (χ0) is 14.7. The van der Waals surface area contributed by atoms with Gasteiger partial charge in [-0.2, -0.15) is 5.10 Å². The van der Waals surface area contributed by atoms with Crippen LogP contribution in [0.3, 0.4) is 0 Å². The Balaban J connectivity index is 1.66. The first kappa shape index (κ1) is 14.3. The summed E-state index contributed by atoms with van der Waals surface area (Å²) in [4.78, 5) is 4.38. The molecule has 0 bridgehead atoms. The fraction of sp³-hybridized carbons (Fsp3) is 0.529. The van der Waals surface area contributed by atoms with Crippen molar-refractivity contribution in [2.75, 3.05) is 0 Å². The third-order valence-corrected chi connectivity index (χ3v) is 4.27. The number of aliphatic hydroxyl groups is 1. The topological polar surface area (TPSA) is 50.9 Å². The lowest BCUT2D eigenvalue weighted by molar-refractivity contribution is 0.171. The molecule has 0 saturated heterocycles. The van der Waals surface area contributed by atoms with Crippen molar-refractivity contribution in [1.29, 1.82) is 0 Å². The molecule has 1 aliphatic rings. The van der Waals surface area contributed by atoms with E-state index in [1.807, 2.05) is 31.2 Å². The minimum atomic E-state index is -0.584. The SMILES string of the molecule is Cc1cccc(C(O)Cc2ccn(C3CCCCC3)n2)n1. The molecule has 0 spiro atoms. The molecular weight excluding hydrogens is 262 g/mol. The van der Waals surface area contributed by atoms with Crippen LogP contribution in [0.4, 0.5) is 0 Å². The van der Waals surface area contributed by atoms with Crippen LogP contribution in [0.15, 0.2) is 30.5 Å². The van der Waals surface area contributed by atoms with E-state index in [2.05, 4.69) is 21.0 Å². The van der Waals surface area contributed by atoms with Crippen molar-refractivity contribution in [1.82, 2.24) is 14.8 Å². The average molecular weight is 285 g/mol. The number of nitrogens with zero attached hydrogens (tertiary/aromatic N) is 3. The molecule has 3 rings (SSSR count). The van der Waals surface area contributed by atoms with Gasteiger partial charge in [0.15, 0.2) is 0 Å². The Bertz CT molecular complexity index is 587. The minimum absolute atomic E-state index is 0.524. The summed E-state index contributed by atoms with van der Waals surface area (Å²) in [7, 11) is 0. The molecule has 1 aliphatic carbocycles. The van der Waals surface area contributed by atoms with Crippen LogP contribution < -0.4 is 0 Å². The summed E-state index contributed by atoms with van der Waals surface area (Å²) >= 11 is 0. The highest BCUT2D eigenvalue weighted by Crippen LogP contribution is 2.27. The lowest BCUT2D eigenvalue weighted by atomic mass is 9.96. The van der Waals surface area contributed by atoms with E-state index in [1.54, 1.807) is 0 Å². The number of aryl methyl sites for hydroxylation is 1. The smallest absolute Gasteiger partial charge is 0.102 e. The Morgan fingerprint density at radius 3 is 2.81 bits per heavy atom. The number of pyridine rings is 1. The van der Waals surface area contributed by atoms with E-state index in [0.717, 1.165) is 17.1 Å². The number of aliphatic hydroxyl groups excluding tert-OH is 1. The number of hydrogen-bond donors (Lipinski definition) is 1. The second kappa shape index (κ2) is 6.39. The van der Waals surface area contributed by atoms with Gasteiger partial charge in [-0.3, -0.25) is 9.67 Å². The van der Waals surface area contributed by atoms with Gasteiger partial charge in [-0.05, 0) is 38.0 Å². The van der Waals surface area contributed by atoms with Crippen LogP contribution in [-0.2, 0) is 6.42 Å². The molecule has 1 N–H and O–H groups in total. The molecule has 2 aromatic rings. The van der Waals surface area contributed by atoms with Crippen LogP contribution in [0.25, 0.3) is 0 Å². The molecule has 1 fully saturated rings. The molecule has 1 unspecified atom stereocenters. The van der Waals surface area contributed by atoms with Gasteiger partial charge >= 0.3 is 0 Å². The molecule has 1 saturated carbocycles. The maximum absolute atomic E-state index is 10.3. The summed E-state index contributed by atoms with van der Waals surface area (Å²) in [6.45, 7) is 1.94. The monoisotopic (exact) mass is 285 g/mol. The largest absolute Gasteiger partial charge is 0.386 e. The van der Waals surface area contributed by atoms with Gasteiger partial charge in [0.2, 0.25) is 0 Å². The van der Waals surface area contributed by atoms with E-state index in [9.17, 15) is 5.11 Å². The zero-order valence-electron chi connectivity index (χ0n) is 12.6.